The van der Waals surface area contributed by atoms with Gasteiger partial charge in [-0.1, -0.05) is 6.07 Å². The van der Waals surface area contributed by atoms with Crippen molar-refractivity contribution in [3.05, 3.63) is 54.1 Å². The van der Waals surface area contributed by atoms with Gasteiger partial charge >= 0.3 is 12.2 Å². The fourth-order valence-electron chi connectivity index (χ4n) is 4.19. The average molecular weight is 516 g/mol. The summed E-state index contributed by atoms with van der Waals surface area (Å²) in [6, 6.07) is 10.3. The molecule has 0 radical (unpaired) electrons. The highest BCUT2D eigenvalue weighted by Crippen LogP contribution is 2.35. The van der Waals surface area contributed by atoms with E-state index < -0.39 is 21.8 Å². The van der Waals surface area contributed by atoms with Crippen molar-refractivity contribution in [2.45, 2.75) is 28.8 Å². The molecule has 0 bridgehead atoms. The molecule has 0 aromatic heterocycles. The van der Waals surface area contributed by atoms with Crippen molar-refractivity contribution in [1.82, 2.24) is 9.21 Å². The smallest absolute Gasteiger partial charge is 0.416 e. The Morgan fingerprint density at radius 2 is 1.88 bits per heavy atom. The summed E-state index contributed by atoms with van der Waals surface area (Å²) in [6.45, 7) is 0.765. The van der Waals surface area contributed by atoms with Crippen LogP contribution in [0.2, 0.25) is 0 Å². The zero-order valence-corrected chi connectivity index (χ0v) is 19.9. The van der Waals surface area contributed by atoms with Crippen LogP contribution < -0.4 is 10.1 Å². The van der Waals surface area contributed by atoms with Gasteiger partial charge in [0.2, 0.25) is 10.0 Å². The molecule has 0 saturated carbocycles. The molecule has 2 aliphatic rings. The first kappa shape index (κ1) is 24.7. The van der Waals surface area contributed by atoms with Gasteiger partial charge in [0.1, 0.15) is 5.75 Å². The van der Waals surface area contributed by atoms with E-state index in [4.69, 9.17) is 4.74 Å². The predicted octanol–water partition coefficient (Wildman–Crippen LogP) is 4.13. The molecule has 2 fully saturated rings. The molecule has 1 N–H and O–H groups in total. The number of amides is 2. The van der Waals surface area contributed by atoms with Crippen LogP contribution in [0.5, 0.6) is 5.75 Å². The maximum Gasteiger partial charge on any atom is 0.416 e. The molecule has 0 spiro atoms. The van der Waals surface area contributed by atoms with Crippen molar-refractivity contribution >= 4 is 33.5 Å². The number of carbonyl (C=O) groups excluding carboxylic acids is 1. The highest BCUT2D eigenvalue weighted by Gasteiger charge is 2.42. The average Bonchev–Trinajstić information content (AvgIpc) is 2.83. The first-order valence-electron chi connectivity index (χ1n) is 10.6. The van der Waals surface area contributed by atoms with Crippen molar-refractivity contribution in [2.24, 2.45) is 0 Å². The number of hydrogen-bond acceptors (Lipinski definition) is 5. The van der Waals surface area contributed by atoms with Crippen LogP contribution in [0.1, 0.15) is 12.0 Å². The Balaban J connectivity index is 1.46. The second-order valence-corrected chi connectivity index (χ2v) is 11.3. The molecular formula is C22H24F3N3O4S2. The second kappa shape index (κ2) is 9.67. The summed E-state index contributed by atoms with van der Waals surface area (Å²) in [7, 11) is -2.54. The number of methoxy groups -OCH3 is 1. The molecule has 2 saturated heterocycles. The minimum atomic E-state index is -4.63. The summed E-state index contributed by atoms with van der Waals surface area (Å²) < 4.78 is 71.7. The number of rotatable bonds is 4. The Hall–Kier alpha value is -2.44. The number of ether oxygens (including phenoxy) is 1. The number of nitrogens with zero attached hydrogens (tertiary/aromatic N) is 2. The lowest BCUT2D eigenvalue weighted by Gasteiger charge is -2.46. The Bertz CT molecular complexity index is 1140. The molecule has 184 valence electrons. The summed E-state index contributed by atoms with van der Waals surface area (Å²) >= 11 is 1.58. The normalized spacial score (nSPS) is 21.6. The molecule has 2 aromatic carbocycles. The van der Waals surface area contributed by atoms with Crippen molar-refractivity contribution in [2.75, 3.05) is 37.8 Å². The number of sulfonamides is 1. The standard InChI is InChI=1S/C22H24F3N3O4S2/c1-32-17-7-5-16(6-8-17)26-21(29)28-11-12-33-20-14-27(10-9-19(20)28)34(30,31)18-4-2-3-15(13-18)22(23,24)25/h2-8,13,19-20H,9-12,14H2,1H3,(H,26,29). The van der Waals surface area contributed by atoms with E-state index in [1.54, 1.807) is 48.0 Å². The van der Waals surface area contributed by atoms with Crippen LogP contribution >= 0.6 is 11.8 Å². The number of piperidine rings is 1. The molecule has 7 nitrogen and oxygen atoms in total. The van der Waals surface area contributed by atoms with E-state index in [1.165, 1.54) is 10.4 Å². The van der Waals surface area contributed by atoms with Gasteiger partial charge in [-0.25, -0.2) is 13.2 Å². The lowest BCUT2D eigenvalue weighted by atomic mass is 10.0. The molecule has 2 heterocycles. The predicted molar refractivity (Wildman–Crippen MR) is 124 cm³/mol. The van der Waals surface area contributed by atoms with Crippen LogP contribution in [0.3, 0.4) is 0 Å². The van der Waals surface area contributed by atoms with Gasteiger partial charge in [0.05, 0.1) is 17.6 Å². The topological polar surface area (TPSA) is 79.0 Å². The lowest BCUT2D eigenvalue weighted by molar-refractivity contribution is -0.137. The van der Waals surface area contributed by atoms with E-state index in [2.05, 4.69) is 5.32 Å². The fourth-order valence-corrected chi connectivity index (χ4v) is 7.20. The molecule has 2 aliphatic heterocycles. The molecule has 34 heavy (non-hydrogen) atoms. The third-order valence-electron chi connectivity index (χ3n) is 5.95. The number of urea groups is 1. The van der Waals surface area contributed by atoms with Crippen LogP contribution in [0.4, 0.5) is 23.7 Å². The number of carbonyl (C=O) groups is 1. The summed E-state index contributed by atoms with van der Waals surface area (Å²) in [5, 5.41) is 2.69. The Morgan fingerprint density at radius 3 is 2.56 bits per heavy atom. The van der Waals surface area contributed by atoms with E-state index in [1.807, 2.05) is 0 Å². The van der Waals surface area contributed by atoms with Crippen molar-refractivity contribution in [3.63, 3.8) is 0 Å². The van der Waals surface area contributed by atoms with Gasteiger partial charge in [0, 0.05) is 42.4 Å². The first-order valence-corrected chi connectivity index (χ1v) is 13.1. The maximum absolute atomic E-state index is 13.1. The van der Waals surface area contributed by atoms with E-state index in [0.717, 1.165) is 12.1 Å². The Labute approximate surface area is 200 Å². The summed E-state index contributed by atoms with van der Waals surface area (Å²) in [5.41, 5.74) is -0.387. The highest BCUT2D eigenvalue weighted by atomic mass is 32.2. The minimum absolute atomic E-state index is 0.118. The van der Waals surface area contributed by atoms with Crippen molar-refractivity contribution in [1.29, 1.82) is 0 Å². The SMILES string of the molecule is COc1ccc(NC(=O)N2CCSC3CN(S(=O)(=O)c4cccc(C(F)(F)F)c4)CCC32)cc1. The number of fused-ring (bicyclic) bond motifs is 1. The van der Waals surface area contributed by atoms with E-state index >= 15 is 0 Å². The maximum atomic E-state index is 13.1. The lowest BCUT2D eigenvalue weighted by Crippen LogP contribution is -2.59. The number of hydrogen-bond donors (Lipinski definition) is 1. The molecule has 4 rings (SSSR count). The first-order chi connectivity index (χ1) is 16.1. The molecule has 12 heteroatoms. The largest absolute Gasteiger partial charge is 0.497 e. The van der Waals surface area contributed by atoms with Crippen molar-refractivity contribution < 1.29 is 31.1 Å². The number of nitrogens with one attached hydrogen (secondary N) is 1. The van der Waals surface area contributed by atoms with Gasteiger partial charge < -0.3 is 15.0 Å². The van der Waals surface area contributed by atoms with Gasteiger partial charge in [0.15, 0.2) is 0 Å². The van der Waals surface area contributed by atoms with Gasteiger partial charge in [-0.05, 0) is 48.9 Å². The quantitative estimate of drug-likeness (QED) is 0.663. The van der Waals surface area contributed by atoms with E-state index in [0.29, 0.717) is 36.2 Å². The molecule has 2 atom stereocenters. The fraction of sp³-hybridized carbons (Fsp3) is 0.409. The monoisotopic (exact) mass is 515 g/mol. The minimum Gasteiger partial charge on any atom is -0.497 e. The molecule has 2 unspecified atom stereocenters. The van der Waals surface area contributed by atoms with Gasteiger partial charge in [0.25, 0.3) is 0 Å². The van der Waals surface area contributed by atoms with Crippen LogP contribution in [0, 0.1) is 0 Å². The van der Waals surface area contributed by atoms with Gasteiger partial charge in [-0.2, -0.15) is 29.2 Å². The summed E-state index contributed by atoms with van der Waals surface area (Å²) in [5.74, 6) is 1.30. The van der Waals surface area contributed by atoms with Crippen LogP contribution in [-0.2, 0) is 16.2 Å². The number of halogens is 3. The van der Waals surface area contributed by atoms with Crippen LogP contribution in [0.15, 0.2) is 53.4 Å². The molecule has 2 amide bonds. The molecule has 2 aromatic rings. The number of thioether (sulfide) groups is 1. The van der Waals surface area contributed by atoms with E-state index in [-0.39, 0.29) is 35.3 Å². The third-order valence-corrected chi connectivity index (χ3v) is 9.12. The molecule has 0 aliphatic carbocycles. The number of benzene rings is 2. The van der Waals surface area contributed by atoms with Gasteiger partial charge in [-0.15, -0.1) is 0 Å². The van der Waals surface area contributed by atoms with Crippen LogP contribution in [-0.4, -0.2) is 67.4 Å². The Kier molecular flexibility index (Phi) is 7.02. The number of alkyl halides is 3. The summed E-state index contributed by atoms with van der Waals surface area (Å²) in [4.78, 5) is 14.3. The zero-order valence-electron chi connectivity index (χ0n) is 18.3. The Morgan fingerprint density at radius 1 is 1.15 bits per heavy atom. The van der Waals surface area contributed by atoms with Crippen molar-refractivity contribution in [3.8, 4) is 5.75 Å². The van der Waals surface area contributed by atoms with Gasteiger partial charge in [-0.3, -0.25) is 0 Å². The zero-order chi connectivity index (χ0) is 24.5. The summed E-state index contributed by atoms with van der Waals surface area (Å²) in [6.07, 6.45) is -4.23. The second-order valence-electron chi connectivity index (χ2n) is 8.01. The van der Waals surface area contributed by atoms with Crippen LogP contribution in [0.25, 0.3) is 0 Å². The molecular weight excluding hydrogens is 491 g/mol. The van der Waals surface area contributed by atoms with E-state index in [9.17, 15) is 26.4 Å². The highest BCUT2D eigenvalue weighted by molar-refractivity contribution is 8.00. The number of anilines is 1. The third kappa shape index (κ3) is 5.13.